The first-order valence-corrected chi connectivity index (χ1v) is 12.4. The van der Waals surface area contributed by atoms with Crippen LogP contribution in [0.3, 0.4) is 0 Å². The zero-order valence-corrected chi connectivity index (χ0v) is 20.4. The van der Waals surface area contributed by atoms with Gasteiger partial charge in [0.1, 0.15) is 11.6 Å². The zero-order chi connectivity index (χ0) is 24.2. The molecule has 2 fully saturated rings. The van der Waals surface area contributed by atoms with Crippen LogP contribution in [0.4, 0.5) is 5.69 Å². The standard InChI is InChI=1S/C29H31N5O/c1-4-23(19(2)3)21-12-28(30-14-21)34-17-29(18-34)15-33(16-29)22-10-9-20-11-26(32-31-25(20)13-22)24-7-5-6-8-27(24)35/h4-13,19,23,35H,1,14-18H2,2-3H3. The Morgan fingerprint density at radius 1 is 1.00 bits per heavy atom. The molecule has 0 aliphatic carbocycles. The maximum atomic E-state index is 10.1. The van der Waals surface area contributed by atoms with Gasteiger partial charge in [-0.15, -0.1) is 16.8 Å². The summed E-state index contributed by atoms with van der Waals surface area (Å²) in [6, 6.07) is 15.6. The summed E-state index contributed by atoms with van der Waals surface area (Å²) >= 11 is 0. The van der Waals surface area contributed by atoms with E-state index in [0.717, 1.165) is 49.5 Å². The van der Waals surface area contributed by atoms with Gasteiger partial charge in [-0.2, -0.15) is 0 Å². The minimum atomic E-state index is 0.217. The van der Waals surface area contributed by atoms with Gasteiger partial charge in [0.25, 0.3) is 0 Å². The van der Waals surface area contributed by atoms with Crippen molar-refractivity contribution in [3.8, 4) is 17.0 Å². The Kier molecular flexibility index (Phi) is 5.13. The number of aromatic nitrogens is 2. The molecule has 1 spiro atoms. The Morgan fingerprint density at radius 3 is 2.51 bits per heavy atom. The Balaban J connectivity index is 1.10. The van der Waals surface area contributed by atoms with Crippen molar-refractivity contribution in [3.63, 3.8) is 0 Å². The van der Waals surface area contributed by atoms with Crippen LogP contribution in [0.1, 0.15) is 13.8 Å². The highest BCUT2D eigenvalue weighted by molar-refractivity contribution is 5.96. The quantitative estimate of drug-likeness (QED) is 0.542. The molecule has 4 heterocycles. The summed E-state index contributed by atoms with van der Waals surface area (Å²) in [6.45, 7) is 13.6. The van der Waals surface area contributed by atoms with Crippen molar-refractivity contribution in [2.24, 2.45) is 22.2 Å². The number of allylic oxidation sites excluding steroid dienone is 1. The Bertz CT molecular complexity index is 1360. The van der Waals surface area contributed by atoms with Gasteiger partial charge in [-0.3, -0.25) is 4.99 Å². The lowest BCUT2D eigenvalue weighted by Crippen LogP contribution is -2.73. The Hall–Kier alpha value is -3.67. The average Bonchev–Trinajstić information content (AvgIpc) is 3.26. The molecule has 178 valence electrons. The van der Waals surface area contributed by atoms with Crippen LogP contribution in [-0.2, 0) is 0 Å². The van der Waals surface area contributed by atoms with E-state index in [9.17, 15) is 5.11 Å². The molecule has 6 nitrogen and oxygen atoms in total. The summed E-state index contributed by atoms with van der Waals surface area (Å²) in [7, 11) is 0. The topological polar surface area (TPSA) is 64.8 Å². The third kappa shape index (κ3) is 3.77. The number of aliphatic imine (C=N–C) groups is 1. The maximum absolute atomic E-state index is 10.1. The molecule has 3 aromatic rings. The van der Waals surface area contributed by atoms with Crippen molar-refractivity contribution in [3.05, 3.63) is 72.8 Å². The fourth-order valence-electron chi connectivity index (χ4n) is 5.79. The van der Waals surface area contributed by atoms with E-state index in [0.29, 0.717) is 28.5 Å². The first-order valence-electron chi connectivity index (χ1n) is 12.4. The molecule has 0 saturated carbocycles. The number of anilines is 1. The van der Waals surface area contributed by atoms with E-state index in [2.05, 4.69) is 70.8 Å². The molecule has 0 amide bonds. The number of nitrogens with zero attached hydrogens (tertiary/aromatic N) is 5. The second-order valence-corrected chi connectivity index (χ2v) is 10.6. The van der Waals surface area contributed by atoms with Crippen LogP contribution in [0.25, 0.3) is 22.2 Å². The van der Waals surface area contributed by atoms with E-state index in [4.69, 9.17) is 4.99 Å². The number of fused-ring (bicyclic) bond motifs is 1. The van der Waals surface area contributed by atoms with Crippen molar-refractivity contribution >= 4 is 22.4 Å². The fraction of sp³-hybridized carbons (Fsp3) is 0.345. The SMILES string of the molecule is C=CC(C1=CC(N2CC3(C2)CN(c2ccc4cc(-c5ccccc5O)nnc4c2)C3)=NC1)C(C)C. The van der Waals surface area contributed by atoms with E-state index >= 15 is 0 Å². The minimum Gasteiger partial charge on any atom is -0.507 e. The molecule has 3 aliphatic heterocycles. The molecule has 6 heteroatoms. The summed E-state index contributed by atoms with van der Waals surface area (Å²) < 4.78 is 0. The monoisotopic (exact) mass is 465 g/mol. The predicted molar refractivity (Wildman–Crippen MR) is 142 cm³/mol. The third-order valence-electron chi connectivity index (χ3n) is 7.68. The predicted octanol–water partition coefficient (Wildman–Crippen LogP) is 4.92. The molecular weight excluding hydrogens is 434 g/mol. The molecule has 35 heavy (non-hydrogen) atoms. The summed E-state index contributed by atoms with van der Waals surface area (Å²) in [5.74, 6) is 2.34. The first kappa shape index (κ1) is 21.8. The lowest BCUT2D eigenvalue weighted by atomic mass is 9.72. The number of aromatic hydroxyl groups is 1. The van der Waals surface area contributed by atoms with E-state index in [-0.39, 0.29) is 5.75 Å². The molecule has 6 rings (SSSR count). The van der Waals surface area contributed by atoms with Gasteiger partial charge in [0.05, 0.1) is 17.8 Å². The van der Waals surface area contributed by atoms with E-state index in [1.165, 1.54) is 11.3 Å². The van der Waals surface area contributed by atoms with Crippen molar-refractivity contribution in [2.75, 3.05) is 37.6 Å². The highest BCUT2D eigenvalue weighted by Crippen LogP contribution is 2.43. The summed E-state index contributed by atoms with van der Waals surface area (Å²) in [4.78, 5) is 9.68. The largest absolute Gasteiger partial charge is 0.507 e. The highest BCUT2D eigenvalue weighted by Gasteiger charge is 2.52. The number of rotatable bonds is 5. The molecule has 1 aromatic heterocycles. The summed E-state index contributed by atoms with van der Waals surface area (Å²) in [6.07, 6.45) is 4.36. The molecule has 1 atom stereocenters. The number of hydrogen-bond acceptors (Lipinski definition) is 6. The molecule has 0 radical (unpaired) electrons. The third-order valence-corrected chi connectivity index (χ3v) is 7.68. The van der Waals surface area contributed by atoms with Crippen molar-refractivity contribution in [1.82, 2.24) is 15.1 Å². The van der Waals surface area contributed by atoms with Gasteiger partial charge in [-0.1, -0.05) is 38.1 Å². The van der Waals surface area contributed by atoms with Gasteiger partial charge < -0.3 is 14.9 Å². The number of likely N-dealkylation sites (tertiary alicyclic amines) is 1. The number of para-hydroxylation sites is 1. The van der Waals surface area contributed by atoms with Crippen LogP contribution >= 0.6 is 0 Å². The van der Waals surface area contributed by atoms with Gasteiger partial charge in [-0.05, 0) is 47.9 Å². The Labute approximate surface area is 206 Å². The highest BCUT2D eigenvalue weighted by atomic mass is 16.3. The molecule has 0 bridgehead atoms. The van der Waals surface area contributed by atoms with Crippen molar-refractivity contribution < 1.29 is 5.11 Å². The number of hydrogen-bond donors (Lipinski definition) is 1. The Morgan fingerprint density at radius 2 is 1.77 bits per heavy atom. The minimum absolute atomic E-state index is 0.217. The molecular formula is C29H31N5O. The average molecular weight is 466 g/mol. The number of phenols is 1. The van der Waals surface area contributed by atoms with Gasteiger partial charge in [-0.25, -0.2) is 0 Å². The van der Waals surface area contributed by atoms with Gasteiger partial charge >= 0.3 is 0 Å². The van der Waals surface area contributed by atoms with E-state index < -0.39 is 0 Å². The zero-order valence-electron chi connectivity index (χ0n) is 20.4. The fourth-order valence-corrected chi connectivity index (χ4v) is 5.79. The number of phenolic OH excluding ortho intramolecular Hbond substituents is 1. The van der Waals surface area contributed by atoms with Crippen LogP contribution in [0.15, 0.2) is 77.8 Å². The van der Waals surface area contributed by atoms with Gasteiger partial charge in [0.2, 0.25) is 0 Å². The number of amidine groups is 1. The molecule has 1 N–H and O–H groups in total. The van der Waals surface area contributed by atoms with Crippen LogP contribution in [0.5, 0.6) is 5.75 Å². The molecule has 3 aliphatic rings. The number of benzene rings is 2. The second-order valence-electron chi connectivity index (χ2n) is 10.6. The van der Waals surface area contributed by atoms with Gasteiger partial charge in [0.15, 0.2) is 0 Å². The summed E-state index contributed by atoms with van der Waals surface area (Å²) in [5, 5.41) is 20.0. The normalized spacial score (nSPS) is 19.4. The smallest absolute Gasteiger partial charge is 0.125 e. The van der Waals surface area contributed by atoms with Crippen LogP contribution in [-0.4, -0.2) is 58.8 Å². The molecule has 2 aromatic carbocycles. The molecule has 1 unspecified atom stereocenters. The van der Waals surface area contributed by atoms with Crippen LogP contribution in [0, 0.1) is 17.3 Å². The van der Waals surface area contributed by atoms with Crippen molar-refractivity contribution in [1.29, 1.82) is 0 Å². The van der Waals surface area contributed by atoms with E-state index in [1.807, 2.05) is 18.2 Å². The second kappa shape index (κ2) is 8.22. The van der Waals surface area contributed by atoms with Crippen LogP contribution < -0.4 is 4.90 Å². The lowest BCUT2D eigenvalue weighted by molar-refractivity contribution is 0.0302. The first-order chi connectivity index (χ1) is 16.9. The lowest BCUT2D eigenvalue weighted by Gasteiger charge is -2.61. The van der Waals surface area contributed by atoms with Crippen molar-refractivity contribution in [2.45, 2.75) is 13.8 Å². The van der Waals surface area contributed by atoms with E-state index in [1.54, 1.807) is 12.1 Å². The maximum Gasteiger partial charge on any atom is 0.125 e. The molecule has 2 saturated heterocycles. The van der Waals surface area contributed by atoms with Gasteiger partial charge in [0, 0.05) is 54.1 Å². The summed E-state index contributed by atoms with van der Waals surface area (Å²) in [5.41, 5.74) is 5.20. The van der Waals surface area contributed by atoms with Crippen LogP contribution in [0.2, 0.25) is 0 Å².